The average molecular weight is 293 g/mol. The van der Waals surface area contributed by atoms with Crippen molar-refractivity contribution < 1.29 is 8.42 Å². The molecule has 2 atom stereocenters. The molecule has 2 N–H and O–H groups in total. The van der Waals surface area contributed by atoms with Gasteiger partial charge in [0.15, 0.2) is 0 Å². The van der Waals surface area contributed by atoms with Crippen molar-refractivity contribution in [2.45, 2.75) is 25.1 Å². The maximum atomic E-state index is 12.5. The van der Waals surface area contributed by atoms with Crippen molar-refractivity contribution in [3.05, 3.63) is 35.4 Å². The summed E-state index contributed by atoms with van der Waals surface area (Å²) in [4.78, 5) is 0. The SMILES string of the molecule is CC1CC(CN)CN1S(=O)(=O)Cc1ccccc1C#N. The van der Waals surface area contributed by atoms with E-state index >= 15 is 0 Å². The molecular formula is C14H19N3O2S. The van der Waals surface area contributed by atoms with E-state index in [0.717, 1.165) is 6.42 Å². The van der Waals surface area contributed by atoms with Gasteiger partial charge in [-0.05, 0) is 37.4 Å². The standard InChI is InChI=1S/C14H19N3O2S/c1-11-6-12(7-15)9-17(11)20(18,19)10-14-5-3-2-4-13(14)8-16/h2-5,11-12H,6-7,9-10,15H2,1H3. The van der Waals surface area contributed by atoms with Crippen molar-refractivity contribution in [1.82, 2.24) is 4.31 Å². The number of benzene rings is 1. The van der Waals surface area contributed by atoms with Crippen molar-refractivity contribution in [3.63, 3.8) is 0 Å². The van der Waals surface area contributed by atoms with E-state index in [1.807, 2.05) is 13.0 Å². The van der Waals surface area contributed by atoms with Crippen LogP contribution in [0.5, 0.6) is 0 Å². The summed E-state index contributed by atoms with van der Waals surface area (Å²) in [7, 11) is -3.41. The quantitative estimate of drug-likeness (QED) is 0.899. The highest BCUT2D eigenvalue weighted by Crippen LogP contribution is 2.27. The van der Waals surface area contributed by atoms with Crippen LogP contribution in [0.3, 0.4) is 0 Å². The molecule has 1 saturated heterocycles. The van der Waals surface area contributed by atoms with Crippen molar-refractivity contribution in [1.29, 1.82) is 5.26 Å². The Morgan fingerprint density at radius 2 is 2.15 bits per heavy atom. The lowest BCUT2D eigenvalue weighted by molar-refractivity contribution is 0.404. The van der Waals surface area contributed by atoms with E-state index in [2.05, 4.69) is 0 Å². The number of nitriles is 1. The van der Waals surface area contributed by atoms with Crippen LogP contribution >= 0.6 is 0 Å². The highest BCUT2D eigenvalue weighted by atomic mass is 32.2. The van der Waals surface area contributed by atoms with E-state index in [-0.39, 0.29) is 17.7 Å². The molecule has 0 spiro atoms. The molecule has 108 valence electrons. The summed E-state index contributed by atoms with van der Waals surface area (Å²) < 4.78 is 26.6. The van der Waals surface area contributed by atoms with Crippen LogP contribution in [0.4, 0.5) is 0 Å². The van der Waals surface area contributed by atoms with Crippen LogP contribution in [-0.2, 0) is 15.8 Å². The van der Waals surface area contributed by atoms with E-state index < -0.39 is 10.0 Å². The molecule has 0 aliphatic carbocycles. The fraction of sp³-hybridized carbons (Fsp3) is 0.500. The second kappa shape index (κ2) is 5.92. The highest BCUT2D eigenvalue weighted by molar-refractivity contribution is 7.88. The highest BCUT2D eigenvalue weighted by Gasteiger charge is 2.36. The number of nitrogens with two attached hydrogens (primary N) is 1. The Kier molecular flexibility index (Phi) is 4.43. The molecule has 5 nitrogen and oxygen atoms in total. The van der Waals surface area contributed by atoms with Gasteiger partial charge in [0.1, 0.15) is 0 Å². The zero-order valence-corrected chi connectivity index (χ0v) is 12.3. The molecule has 0 saturated carbocycles. The Bertz CT molecular complexity index is 622. The molecule has 1 heterocycles. The van der Waals surface area contributed by atoms with Crippen LogP contribution < -0.4 is 5.73 Å². The smallest absolute Gasteiger partial charge is 0.218 e. The number of hydrogen-bond acceptors (Lipinski definition) is 4. The minimum Gasteiger partial charge on any atom is -0.330 e. The first-order chi connectivity index (χ1) is 9.47. The van der Waals surface area contributed by atoms with Crippen molar-refractivity contribution in [2.75, 3.05) is 13.1 Å². The van der Waals surface area contributed by atoms with E-state index in [1.54, 1.807) is 24.3 Å². The van der Waals surface area contributed by atoms with E-state index in [9.17, 15) is 8.42 Å². The lowest BCUT2D eigenvalue weighted by atomic mass is 10.1. The van der Waals surface area contributed by atoms with Gasteiger partial charge in [0.2, 0.25) is 10.0 Å². The minimum absolute atomic E-state index is 0.0252. The van der Waals surface area contributed by atoms with Crippen LogP contribution in [0.1, 0.15) is 24.5 Å². The van der Waals surface area contributed by atoms with Gasteiger partial charge < -0.3 is 5.73 Å². The second-order valence-electron chi connectivity index (χ2n) is 5.28. The molecule has 0 aromatic heterocycles. The molecule has 1 aliphatic heterocycles. The first-order valence-electron chi connectivity index (χ1n) is 6.65. The maximum absolute atomic E-state index is 12.5. The molecule has 2 unspecified atom stereocenters. The van der Waals surface area contributed by atoms with Crippen molar-refractivity contribution in [3.8, 4) is 6.07 Å². The van der Waals surface area contributed by atoms with Gasteiger partial charge in [-0.25, -0.2) is 8.42 Å². The zero-order valence-electron chi connectivity index (χ0n) is 11.5. The maximum Gasteiger partial charge on any atom is 0.218 e. The van der Waals surface area contributed by atoms with Gasteiger partial charge in [0.25, 0.3) is 0 Å². The predicted octanol–water partition coefficient (Wildman–Crippen LogP) is 1.06. The van der Waals surface area contributed by atoms with Gasteiger partial charge in [-0.1, -0.05) is 18.2 Å². The number of rotatable bonds is 4. The van der Waals surface area contributed by atoms with Crippen LogP contribution in [0.15, 0.2) is 24.3 Å². The van der Waals surface area contributed by atoms with Crippen LogP contribution in [0.25, 0.3) is 0 Å². The topological polar surface area (TPSA) is 87.2 Å². The Morgan fingerprint density at radius 1 is 1.45 bits per heavy atom. The lowest BCUT2D eigenvalue weighted by Crippen LogP contribution is -2.35. The fourth-order valence-corrected chi connectivity index (χ4v) is 4.58. The first kappa shape index (κ1) is 15.0. The fourth-order valence-electron chi connectivity index (χ4n) is 2.70. The average Bonchev–Trinajstić information content (AvgIpc) is 2.81. The van der Waals surface area contributed by atoms with Gasteiger partial charge in [-0.15, -0.1) is 0 Å². The summed E-state index contributed by atoms with van der Waals surface area (Å²) in [5.41, 5.74) is 6.60. The molecule has 1 aliphatic rings. The first-order valence-corrected chi connectivity index (χ1v) is 8.26. The summed E-state index contributed by atoms with van der Waals surface area (Å²) in [6, 6.07) is 8.83. The molecule has 0 bridgehead atoms. The van der Waals surface area contributed by atoms with Crippen LogP contribution in [0.2, 0.25) is 0 Å². The zero-order chi connectivity index (χ0) is 14.8. The molecule has 0 amide bonds. The van der Waals surface area contributed by atoms with Gasteiger partial charge >= 0.3 is 0 Å². The number of hydrogen-bond donors (Lipinski definition) is 1. The van der Waals surface area contributed by atoms with Gasteiger partial charge in [-0.2, -0.15) is 9.57 Å². The number of sulfonamides is 1. The van der Waals surface area contributed by atoms with Gasteiger partial charge in [0.05, 0.1) is 17.4 Å². The third-order valence-corrected chi connectivity index (χ3v) is 5.67. The van der Waals surface area contributed by atoms with Gasteiger partial charge in [-0.3, -0.25) is 0 Å². The minimum atomic E-state index is -3.41. The summed E-state index contributed by atoms with van der Waals surface area (Å²) >= 11 is 0. The number of nitrogens with zero attached hydrogens (tertiary/aromatic N) is 2. The summed E-state index contributed by atoms with van der Waals surface area (Å²) in [6.07, 6.45) is 0.801. The summed E-state index contributed by atoms with van der Waals surface area (Å²) in [5.74, 6) is 0.101. The largest absolute Gasteiger partial charge is 0.330 e. The Morgan fingerprint density at radius 3 is 2.75 bits per heavy atom. The molecule has 1 aromatic rings. The Labute approximate surface area is 120 Å². The van der Waals surface area contributed by atoms with Gasteiger partial charge in [0, 0.05) is 12.6 Å². The van der Waals surface area contributed by atoms with Crippen molar-refractivity contribution in [2.24, 2.45) is 11.7 Å². The third kappa shape index (κ3) is 3.01. The molecule has 1 aromatic carbocycles. The molecule has 6 heteroatoms. The monoisotopic (exact) mass is 293 g/mol. The summed E-state index contributed by atoms with van der Waals surface area (Å²) in [5, 5.41) is 9.04. The van der Waals surface area contributed by atoms with E-state index in [4.69, 9.17) is 11.0 Å². The predicted molar refractivity (Wildman–Crippen MR) is 77.1 cm³/mol. The van der Waals surface area contributed by atoms with Crippen molar-refractivity contribution >= 4 is 10.0 Å². The lowest BCUT2D eigenvalue weighted by Gasteiger charge is -2.21. The normalized spacial score (nSPS) is 23.6. The Balaban J connectivity index is 2.22. The summed E-state index contributed by atoms with van der Waals surface area (Å²) in [6.45, 7) is 2.89. The Hall–Kier alpha value is -1.42. The third-order valence-electron chi connectivity index (χ3n) is 3.77. The molecular weight excluding hydrogens is 274 g/mol. The van der Waals surface area contributed by atoms with Crippen LogP contribution in [-0.4, -0.2) is 31.9 Å². The van der Waals surface area contributed by atoms with E-state index in [1.165, 1.54) is 4.31 Å². The molecule has 1 fully saturated rings. The van der Waals surface area contributed by atoms with E-state index in [0.29, 0.717) is 24.2 Å². The molecule has 2 rings (SSSR count). The molecule has 0 radical (unpaired) electrons. The second-order valence-corrected chi connectivity index (χ2v) is 7.20. The molecule has 20 heavy (non-hydrogen) atoms. The van der Waals surface area contributed by atoms with Crippen LogP contribution in [0, 0.1) is 17.2 Å².